The maximum Gasteiger partial charge on any atom is 0.435 e. The lowest BCUT2D eigenvalue weighted by Crippen LogP contribution is -2.29. The van der Waals surface area contributed by atoms with E-state index < -0.39 is 17.6 Å². The first-order valence-corrected chi connectivity index (χ1v) is 5.77. The molecule has 1 amide bonds. The molecule has 0 saturated heterocycles. The molecule has 0 fully saturated rings. The summed E-state index contributed by atoms with van der Waals surface area (Å²) in [5.74, 6) is -0.428. The molecule has 0 aliphatic rings. The fraction of sp³-hybridized carbons (Fsp3) is 0.583. The van der Waals surface area contributed by atoms with Crippen molar-refractivity contribution in [2.75, 3.05) is 14.2 Å². The van der Waals surface area contributed by atoms with Crippen molar-refractivity contribution in [1.82, 2.24) is 14.8 Å². The summed E-state index contributed by atoms with van der Waals surface area (Å²) in [7, 11) is 2.84. The SMILES string of the molecule is CON(C)C(=O)c1nn(C(=O)OC(C)(C)C)cc1C. The third-order valence-corrected chi connectivity index (χ3v) is 2.24. The van der Waals surface area contributed by atoms with Crippen LogP contribution < -0.4 is 0 Å². The number of hydrogen-bond acceptors (Lipinski definition) is 5. The Labute approximate surface area is 112 Å². The largest absolute Gasteiger partial charge is 0.442 e. The van der Waals surface area contributed by atoms with E-state index in [-0.39, 0.29) is 5.69 Å². The molecule has 0 bridgehead atoms. The van der Waals surface area contributed by atoms with Crippen LogP contribution in [0.15, 0.2) is 6.20 Å². The molecule has 19 heavy (non-hydrogen) atoms. The second kappa shape index (κ2) is 5.40. The Hall–Kier alpha value is -1.89. The van der Waals surface area contributed by atoms with E-state index in [9.17, 15) is 9.59 Å². The fourth-order valence-electron chi connectivity index (χ4n) is 1.31. The number of carbonyl (C=O) groups is 2. The summed E-state index contributed by atoms with van der Waals surface area (Å²) >= 11 is 0. The number of aryl methyl sites for hydroxylation is 1. The van der Waals surface area contributed by atoms with Gasteiger partial charge in [0.15, 0.2) is 5.69 Å². The molecule has 1 rings (SSSR count). The van der Waals surface area contributed by atoms with E-state index in [0.717, 1.165) is 9.75 Å². The number of nitrogens with zero attached hydrogens (tertiary/aromatic N) is 3. The van der Waals surface area contributed by atoms with Crippen LogP contribution in [0.1, 0.15) is 36.8 Å². The first-order valence-electron chi connectivity index (χ1n) is 5.77. The first-order chi connectivity index (χ1) is 8.65. The van der Waals surface area contributed by atoms with Crippen LogP contribution in [0.4, 0.5) is 4.79 Å². The van der Waals surface area contributed by atoms with Gasteiger partial charge >= 0.3 is 6.09 Å². The van der Waals surface area contributed by atoms with Gasteiger partial charge in [0, 0.05) is 18.8 Å². The van der Waals surface area contributed by atoms with Gasteiger partial charge in [-0.15, -0.1) is 0 Å². The van der Waals surface area contributed by atoms with E-state index >= 15 is 0 Å². The summed E-state index contributed by atoms with van der Waals surface area (Å²) in [5.41, 5.74) is 0.0970. The first kappa shape index (κ1) is 15.2. The molecule has 0 unspecified atom stereocenters. The Balaban J connectivity index is 2.97. The Kier molecular flexibility index (Phi) is 4.31. The molecule has 1 heterocycles. The van der Waals surface area contributed by atoms with Crippen LogP contribution in [0.2, 0.25) is 0 Å². The number of hydrogen-bond donors (Lipinski definition) is 0. The van der Waals surface area contributed by atoms with Gasteiger partial charge in [0.25, 0.3) is 5.91 Å². The highest BCUT2D eigenvalue weighted by molar-refractivity contribution is 5.93. The molecule has 1 aromatic rings. The van der Waals surface area contributed by atoms with Crippen LogP contribution in [-0.4, -0.2) is 46.6 Å². The van der Waals surface area contributed by atoms with Gasteiger partial charge in [-0.05, 0) is 27.7 Å². The minimum Gasteiger partial charge on any atom is -0.442 e. The van der Waals surface area contributed by atoms with E-state index in [1.54, 1.807) is 27.7 Å². The number of amides is 1. The molecule has 0 radical (unpaired) electrons. The lowest BCUT2D eigenvalue weighted by atomic mass is 10.2. The lowest BCUT2D eigenvalue weighted by Gasteiger charge is -2.18. The standard InChI is InChI=1S/C12H19N3O4/c1-8-7-15(11(17)19-12(2,3)4)13-9(8)10(16)14(5)18-6/h7H,1-6H3. The van der Waals surface area contributed by atoms with E-state index in [2.05, 4.69) is 5.10 Å². The van der Waals surface area contributed by atoms with Gasteiger partial charge in [0.1, 0.15) is 5.60 Å². The zero-order valence-electron chi connectivity index (χ0n) is 12.1. The summed E-state index contributed by atoms with van der Waals surface area (Å²) in [6, 6.07) is 0. The molecular formula is C12H19N3O4. The number of hydroxylamine groups is 2. The summed E-state index contributed by atoms with van der Waals surface area (Å²) in [5, 5.41) is 4.97. The van der Waals surface area contributed by atoms with Gasteiger partial charge < -0.3 is 4.74 Å². The molecule has 0 N–H and O–H groups in total. The summed E-state index contributed by atoms with van der Waals surface area (Å²) in [4.78, 5) is 28.5. The third-order valence-electron chi connectivity index (χ3n) is 2.24. The van der Waals surface area contributed by atoms with Crippen molar-refractivity contribution < 1.29 is 19.2 Å². The van der Waals surface area contributed by atoms with Crippen LogP contribution >= 0.6 is 0 Å². The van der Waals surface area contributed by atoms with Crippen LogP contribution in [0, 0.1) is 6.92 Å². The Bertz CT molecular complexity index is 488. The Morgan fingerprint density at radius 1 is 1.37 bits per heavy atom. The smallest absolute Gasteiger partial charge is 0.435 e. The Morgan fingerprint density at radius 2 is 1.95 bits per heavy atom. The third kappa shape index (κ3) is 3.78. The average Bonchev–Trinajstić information content (AvgIpc) is 2.67. The number of aromatic nitrogens is 2. The molecule has 0 aromatic carbocycles. The molecule has 0 spiro atoms. The van der Waals surface area contributed by atoms with Gasteiger partial charge in [0.05, 0.1) is 7.11 Å². The van der Waals surface area contributed by atoms with Gasteiger partial charge in [-0.3, -0.25) is 9.63 Å². The highest BCUT2D eigenvalue weighted by Gasteiger charge is 2.23. The highest BCUT2D eigenvalue weighted by atomic mass is 16.7. The number of carbonyl (C=O) groups excluding carboxylic acids is 2. The van der Waals surface area contributed by atoms with Crippen LogP contribution in [0.25, 0.3) is 0 Å². The second-order valence-electron chi connectivity index (χ2n) is 5.07. The van der Waals surface area contributed by atoms with Crippen molar-refractivity contribution in [3.05, 3.63) is 17.5 Å². The Morgan fingerprint density at radius 3 is 2.42 bits per heavy atom. The van der Waals surface area contributed by atoms with Crippen LogP contribution in [0.5, 0.6) is 0 Å². The maximum absolute atomic E-state index is 11.9. The monoisotopic (exact) mass is 269 g/mol. The molecule has 106 valence electrons. The van der Waals surface area contributed by atoms with Crippen molar-refractivity contribution >= 4 is 12.0 Å². The molecule has 7 nitrogen and oxygen atoms in total. The topological polar surface area (TPSA) is 73.7 Å². The molecule has 0 atom stereocenters. The molecule has 1 aromatic heterocycles. The van der Waals surface area contributed by atoms with Crippen LogP contribution in [-0.2, 0) is 9.57 Å². The minimum absolute atomic E-state index is 0.148. The van der Waals surface area contributed by atoms with Gasteiger partial charge in [-0.1, -0.05) is 0 Å². The van der Waals surface area contributed by atoms with Crippen LogP contribution in [0.3, 0.4) is 0 Å². The zero-order chi connectivity index (χ0) is 14.8. The summed E-state index contributed by atoms with van der Waals surface area (Å²) in [6.07, 6.45) is 0.819. The molecule has 0 aliphatic heterocycles. The van der Waals surface area contributed by atoms with Crippen molar-refractivity contribution in [3.8, 4) is 0 Å². The van der Waals surface area contributed by atoms with Crippen molar-refractivity contribution in [2.24, 2.45) is 0 Å². The van der Waals surface area contributed by atoms with Crippen molar-refractivity contribution in [1.29, 1.82) is 0 Å². The fourth-order valence-corrected chi connectivity index (χ4v) is 1.31. The average molecular weight is 269 g/mol. The predicted molar refractivity (Wildman–Crippen MR) is 67.7 cm³/mol. The predicted octanol–water partition coefficient (Wildman–Crippen LogP) is 1.61. The van der Waals surface area contributed by atoms with E-state index in [4.69, 9.17) is 9.57 Å². The maximum atomic E-state index is 11.9. The highest BCUT2D eigenvalue weighted by Crippen LogP contribution is 2.12. The quantitative estimate of drug-likeness (QED) is 0.762. The number of ether oxygens (including phenoxy) is 1. The molecular weight excluding hydrogens is 250 g/mol. The van der Waals surface area contributed by atoms with Crippen molar-refractivity contribution in [3.63, 3.8) is 0 Å². The van der Waals surface area contributed by atoms with E-state index in [1.165, 1.54) is 20.4 Å². The van der Waals surface area contributed by atoms with Gasteiger partial charge in [0.2, 0.25) is 0 Å². The molecule has 0 aliphatic carbocycles. The molecule has 0 saturated carbocycles. The van der Waals surface area contributed by atoms with E-state index in [1.807, 2.05) is 0 Å². The number of rotatable bonds is 2. The summed E-state index contributed by atoms with van der Waals surface area (Å²) < 4.78 is 6.18. The van der Waals surface area contributed by atoms with E-state index in [0.29, 0.717) is 5.56 Å². The normalized spacial score (nSPS) is 11.3. The lowest BCUT2D eigenvalue weighted by molar-refractivity contribution is -0.0761. The second-order valence-corrected chi connectivity index (χ2v) is 5.07. The zero-order valence-corrected chi connectivity index (χ0v) is 12.1. The van der Waals surface area contributed by atoms with Gasteiger partial charge in [-0.2, -0.15) is 9.78 Å². The molecule has 7 heteroatoms. The minimum atomic E-state index is -0.630. The van der Waals surface area contributed by atoms with Crippen molar-refractivity contribution in [2.45, 2.75) is 33.3 Å². The summed E-state index contributed by atoms with van der Waals surface area (Å²) in [6.45, 7) is 6.95. The van der Waals surface area contributed by atoms with Gasteiger partial charge in [-0.25, -0.2) is 9.86 Å².